The van der Waals surface area contributed by atoms with Gasteiger partial charge < -0.3 is 14.6 Å². The molecule has 0 aliphatic carbocycles. The summed E-state index contributed by atoms with van der Waals surface area (Å²) in [5, 5.41) is 6.81. The van der Waals surface area contributed by atoms with Crippen LogP contribution in [0.5, 0.6) is 5.75 Å². The first kappa shape index (κ1) is 18.6. The van der Waals surface area contributed by atoms with E-state index in [2.05, 4.69) is 20.4 Å². The van der Waals surface area contributed by atoms with Gasteiger partial charge in [0.2, 0.25) is 0 Å². The van der Waals surface area contributed by atoms with Gasteiger partial charge in [-0.15, -0.1) is 0 Å². The molecular weight excluding hydrogens is 344 g/mol. The van der Waals surface area contributed by atoms with Crippen molar-refractivity contribution in [2.45, 2.75) is 32.7 Å². The molecule has 7 heteroatoms. The molecule has 0 bridgehead atoms. The first-order valence-corrected chi connectivity index (χ1v) is 8.80. The molecule has 3 aromatic rings. The van der Waals surface area contributed by atoms with E-state index in [1.54, 1.807) is 18.3 Å². The normalized spacial score (nSPS) is 12.0. The summed E-state index contributed by atoms with van der Waals surface area (Å²) in [5.74, 6) is 1.71. The van der Waals surface area contributed by atoms with Crippen LogP contribution in [0.3, 0.4) is 0 Å². The highest BCUT2D eigenvalue weighted by Gasteiger charge is 2.13. The first-order chi connectivity index (χ1) is 13.0. The summed E-state index contributed by atoms with van der Waals surface area (Å²) in [6.07, 6.45) is 1.70. The summed E-state index contributed by atoms with van der Waals surface area (Å²) in [7, 11) is 0. The highest BCUT2D eigenvalue weighted by Crippen LogP contribution is 2.22. The Labute approximate surface area is 157 Å². The van der Waals surface area contributed by atoms with Crippen LogP contribution in [0, 0.1) is 0 Å². The SMILES string of the molecule is CC(C)c1noc(-c2ccc(OCC(=O)NC(C)c3ccccn3)cc2)n1. The van der Waals surface area contributed by atoms with Gasteiger partial charge in [-0.2, -0.15) is 4.98 Å². The maximum atomic E-state index is 12.1. The van der Waals surface area contributed by atoms with Gasteiger partial charge in [-0.3, -0.25) is 9.78 Å². The molecule has 0 radical (unpaired) electrons. The molecule has 2 heterocycles. The van der Waals surface area contributed by atoms with E-state index in [0.29, 0.717) is 17.5 Å². The summed E-state index contributed by atoms with van der Waals surface area (Å²) in [6, 6.07) is 12.6. The van der Waals surface area contributed by atoms with E-state index in [-0.39, 0.29) is 24.5 Å². The van der Waals surface area contributed by atoms with Gasteiger partial charge in [0.15, 0.2) is 12.4 Å². The fourth-order valence-electron chi connectivity index (χ4n) is 2.42. The van der Waals surface area contributed by atoms with Crippen LogP contribution in [0.25, 0.3) is 11.5 Å². The molecule has 140 valence electrons. The molecule has 1 aromatic carbocycles. The van der Waals surface area contributed by atoms with Gasteiger partial charge >= 0.3 is 0 Å². The van der Waals surface area contributed by atoms with Crippen LogP contribution in [0.1, 0.15) is 44.2 Å². The molecule has 7 nitrogen and oxygen atoms in total. The molecule has 0 saturated carbocycles. The molecule has 3 rings (SSSR count). The number of ether oxygens (including phenoxy) is 1. The number of pyridine rings is 1. The summed E-state index contributed by atoms with van der Waals surface area (Å²) >= 11 is 0. The Morgan fingerprint density at radius 2 is 1.93 bits per heavy atom. The number of hydrogen-bond donors (Lipinski definition) is 1. The van der Waals surface area contributed by atoms with Crippen molar-refractivity contribution >= 4 is 5.91 Å². The number of hydrogen-bond acceptors (Lipinski definition) is 6. The number of aromatic nitrogens is 3. The number of nitrogens with zero attached hydrogens (tertiary/aromatic N) is 3. The van der Waals surface area contributed by atoms with E-state index in [4.69, 9.17) is 9.26 Å². The zero-order chi connectivity index (χ0) is 19.2. The minimum Gasteiger partial charge on any atom is -0.484 e. The van der Waals surface area contributed by atoms with E-state index >= 15 is 0 Å². The van der Waals surface area contributed by atoms with Crippen LogP contribution in [-0.4, -0.2) is 27.6 Å². The van der Waals surface area contributed by atoms with Gasteiger partial charge in [0, 0.05) is 17.7 Å². The van der Waals surface area contributed by atoms with Crippen LogP contribution in [0.4, 0.5) is 0 Å². The molecule has 0 aliphatic rings. The van der Waals surface area contributed by atoms with E-state index in [1.165, 1.54) is 0 Å². The Morgan fingerprint density at radius 3 is 2.56 bits per heavy atom. The van der Waals surface area contributed by atoms with Crippen molar-refractivity contribution in [3.05, 3.63) is 60.2 Å². The van der Waals surface area contributed by atoms with Crippen molar-refractivity contribution in [3.63, 3.8) is 0 Å². The van der Waals surface area contributed by atoms with Crippen LogP contribution in [0.2, 0.25) is 0 Å². The monoisotopic (exact) mass is 366 g/mol. The Morgan fingerprint density at radius 1 is 1.15 bits per heavy atom. The van der Waals surface area contributed by atoms with Crippen molar-refractivity contribution in [2.24, 2.45) is 0 Å². The summed E-state index contributed by atoms with van der Waals surface area (Å²) in [4.78, 5) is 20.6. The number of amides is 1. The van der Waals surface area contributed by atoms with Gasteiger partial charge in [0.25, 0.3) is 11.8 Å². The van der Waals surface area contributed by atoms with Crippen molar-refractivity contribution < 1.29 is 14.1 Å². The third-order valence-corrected chi connectivity index (χ3v) is 3.94. The van der Waals surface area contributed by atoms with Crippen LogP contribution in [-0.2, 0) is 4.79 Å². The number of benzene rings is 1. The second kappa shape index (κ2) is 8.44. The lowest BCUT2D eigenvalue weighted by atomic mass is 10.2. The molecule has 0 aliphatic heterocycles. The predicted molar refractivity (Wildman–Crippen MR) is 100 cm³/mol. The molecule has 1 N–H and O–H groups in total. The number of carbonyl (C=O) groups excluding carboxylic acids is 1. The van der Waals surface area contributed by atoms with E-state index in [9.17, 15) is 4.79 Å². The van der Waals surface area contributed by atoms with E-state index in [1.807, 2.05) is 51.1 Å². The Bertz CT molecular complexity index is 876. The largest absolute Gasteiger partial charge is 0.484 e. The molecule has 27 heavy (non-hydrogen) atoms. The third-order valence-electron chi connectivity index (χ3n) is 3.94. The Balaban J connectivity index is 1.53. The second-order valence-corrected chi connectivity index (χ2v) is 6.47. The van der Waals surface area contributed by atoms with E-state index in [0.717, 1.165) is 11.3 Å². The van der Waals surface area contributed by atoms with Crippen molar-refractivity contribution in [2.75, 3.05) is 6.61 Å². The van der Waals surface area contributed by atoms with Crippen molar-refractivity contribution in [1.29, 1.82) is 0 Å². The van der Waals surface area contributed by atoms with Gasteiger partial charge in [-0.1, -0.05) is 25.1 Å². The first-order valence-electron chi connectivity index (χ1n) is 8.80. The lowest BCUT2D eigenvalue weighted by Gasteiger charge is -2.13. The third kappa shape index (κ3) is 4.91. The van der Waals surface area contributed by atoms with Gasteiger partial charge in [-0.05, 0) is 43.3 Å². The summed E-state index contributed by atoms with van der Waals surface area (Å²) in [6.45, 7) is 5.82. The van der Waals surface area contributed by atoms with E-state index < -0.39 is 0 Å². The summed E-state index contributed by atoms with van der Waals surface area (Å²) < 4.78 is 10.8. The Kier molecular flexibility index (Phi) is 5.80. The minimum atomic E-state index is -0.212. The van der Waals surface area contributed by atoms with Crippen molar-refractivity contribution in [3.8, 4) is 17.2 Å². The lowest BCUT2D eigenvalue weighted by molar-refractivity contribution is -0.123. The van der Waals surface area contributed by atoms with Gasteiger partial charge in [0.1, 0.15) is 5.75 Å². The highest BCUT2D eigenvalue weighted by molar-refractivity contribution is 5.78. The lowest BCUT2D eigenvalue weighted by Crippen LogP contribution is -2.31. The summed E-state index contributed by atoms with van der Waals surface area (Å²) in [5.41, 5.74) is 1.60. The van der Waals surface area contributed by atoms with Gasteiger partial charge in [0.05, 0.1) is 11.7 Å². The fourth-order valence-corrected chi connectivity index (χ4v) is 2.42. The smallest absolute Gasteiger partial charge is 0.258 e. The number of rotatable bonds is 7. The fraction of sp³-hybridized carbons (Fsp3) is 0.300. The average Bonchev–Trinajstić information content (AvgIpc) is 3.18. The second-order valence-electron chi connectivity index (χ2n) is 6.47. The number of carbonyl (C=O) groups is 1. The van der Waals surface area contributed by atoms with Crippen LogP contribution in [0.15, 0.2) is 53.2 Å². The zero-order valence-corrected chi connectivity index (χ0v) is 15.5. The molecule has 2 aromatic heterocycles. The molecule has 1 unspecified atom stereocenters. The number of nitrogens with one attached hydrogen (secondary N) is 1. The van der Waals surface area contributed by atoms with Crippen molar-refractivity contribution in [1.82, 2.24) is 20.4 Å². The molecule has 0 saturated heterocycles. The average molecular weight is 366 g/mol. The van der Waals surface area contributed by atoms with Crippen LogP contribution >= 0.6 is 0 Å². The Hall–Kier alpha value is -3.22. The molecule has 1 atom stereocenters. The highest BCUT2D eigenvalue weighted by atomic mass is 16.5. The zero-order valence-electron chi connectivity index (χ0n) is 15.5. The molecular formula is C20H22N4O3. The molecule has 0 fully saturated rings. The standard InChI is InChI=1S/C20H22N4O3/c1-13(2)19-23-20(27-24-19)15-7-9-16(10-8-15)26-12-18(25)22-14(3)17-6-4-5-11-21-17/h4-11,13-14H,12H2,1-3H3,(H,22,25). The maximum Gasteiger partial charge on any atom is 0.258 e. The molecule has 0 spiro atoms. The maximum absolute atomic E-state index is 12.1. The quantitative estimate of drug-likeness (QED) is 0.688. The van der Waals surface area contributed by atoms with Crippen LogP contribution < -0.4 is 10.1 Å². The van der Waals surface area contributed by atoms with Gasteiger partial charge in [-0.25, -0.2) is 0 Å². The predicted octanol–water partition coefficient (Wildman–Crippen LogP) is 3.51. The topological polar surface area (TPSA) is 90.1 Å². The minimum absolute atomic E-state index is 0.0748. The molecule has 1 amide bonds.